The Kier molecular flexibility index (Phi) is 6.52. The van der Waals surface area contributed by atoms with E-state index >= 15 is 0 Å². The van der Waals surface area contributed by atoms with Crippen molar-refractivity contribution in [1.82, 2.24) is 0 Å². The highest BCUT2D eigenvalue weighted by molar-refractivity contribution is 9.09. The molecular formula is C15H20BrF3O. The molecule has 0 aliphatic carbocycles. The average molecular weight is 353 g/mol. The summed E-state index contributed by atoms with van der Waals surface area (Å²) in [6.45, 7) is 5.40. The fourth-order valence-corrected chi connectivity index (χ4v) is 2.74. The molecular weight excluding hydrogens is 333 g/mol. The van der Waals surface area contributed by atoms with Gasteiger partial charge in [-0.3, -0.25) is 0 Å². The maximum absolute atomic E-state index is 13.2. The highest BCUT2D eigenvalue weighted by Gasteiger charge is 2.43. The Morgan fingerprint density at radius 3 is 2.10 bits per heavy atom. The summed E-state index contributed by atoms with van der Waals surface area (Å²) in [6.07, 6.45) is -4.81. The van der Waals surface area contributed by atoms with Crippen molar-refractivity contribution in [2.45, 2.75) is 45.9 Å². The van der Waals surface area contributed by atoms with Gasteiger partial charge in [-0.1, -0.05) is 33.6 Å². The molecule has 1 aromatic carbocycles. The van der Waals surface area contributed by atoms with Crippen LogP contribution in [0.4, 0.5) is 13.2 Å². The SMILES string of the molecule is Cc1cc(C)c(C(OCCCCBr)C(F)(F)F)c(C)c1. The van der Waals surface area contributed by atoms with E-state index in [1.165, 1.54) is 0 Å². The van der Waals surface area contributed by atoms with Crippen LogP contribution in [0.5, 0.6) is 0 Å². The van der Waals surface area contributed by atoms with Crippen LogP contribution in [0.2, 0.25) is 0 Å². The van der Waals surface area contributed by atoms with Gasteiger partial charge in [0.05, 0.1) is 0 Å². The molecule has 1 nitrogen and oxygen atoms in total. The van der Waals surface area contributed by atoms with Gasteiger partial charge in [0.2, 0.25) is 0 Å². The first-order valence-corrected chi connectivity index (χ1v) is 7.71. The Balaban J connectivity index is 3.00. The van der Waals surface area contributed by atoms with Crippen molar-refractivity contribution >= 4 is 15.9 Å². The van der Waals surface area contributed by atoms with Crippen molar-refractivity contribution in [3.8, 4) is 0 Å². The Bertz CT molecular complexity index is 420. The Labute approximate surface area is 126 Å². The lowest BCUT2D eigenvalue weighted by Gasteiger charge is -2.25. The Morgan fingerprint density at radius 2 is 1.65 bits per heavy atom. The summed E-state index contributed by atoms with van der Waals surface area (Å²) in [6, 6.07) is 3.53. The minimum atomic E-state index is -4.39. The molecule has 0 saturated carbocycles. The zero-order valence-corrected chi connectivity index (χ0v) is 13.6. The van der Waals surface area contributed by atoms with Crippen LogP contribution in [0, 0.1) is 20.8 Å². The first-order chi connectivity index (χ1) is 9.27. The fraction of sp³-hybridized carbons (Fsp3) is 0.600. The van der Waals surface area contributed by atoms with Gasteiger partial charge in [0.15, 0.2) is 6.10 Å². The van der Waals surface area contributed by atoms with Crippen molar-refractivity contribution in [2.24, 2.45) is 0 Å². The number of aryl methyl sites for hydroxylation is 3. The lowest BCUT2D eigenvalue weighted by atomic mass is 9.95. The summed E-state index contributed by atoms with van der Waals surface area (Å²) in [4.78, 5) is 0. The molecule has 1 atom stereocenters. The zero-order chi connectivity index (χ0) is 15.3. The molecule has 114 valence electrons. The summed E-state index contributed by atoms with van der Waals surface area (Å²) in [7, 11) is 0. The molecule has 0 saturated heterocycles. The van der Waals surface area contributed by atoms with Crippen molar-refractivity contribution in [3.63, 3.8) is 0 Å². The quantitative estimate of drug-likeness (QED) is 0.491. The number of benzene rings is 1. The van der Waals surface area contributed by atoms with Crippen LogP contribution in [0.25, 0.3) is 0 Å². The van der Waals surface area contributed by atoms with Gasteiger partial charge in [0.1, 0.15) is 0 Å². The lowest BCUT2D eigenvalue weighted by Crippen LogP contribution is -2.25. The van der Waals surface area contributed by atoms with Crippen molar-refractivity contribution in [1.29, 1.82) is 0 Å². The van der Waals surface area contributed by atoms with Gasteiger partial charge in [-0.2, -0.15) is 13.2 Å². The zero-order valence-electron chi connectivity index (χ0n) is 12.0. The van der Waals surface area contributed by atoms with Crippen molar-refractivity contribution in [3.05, 3.63) is 34.4 Å². The Morgan fingerprint density at radius 1 is 1.10 bits per heavy atom. The number of ether oxygens (including phenoxy) is 1. The highest BCUT2D eigenvalue weighted by Crippen LogP contribution is 2.39. The third-order valence-corrected chi connectivity index (χ3v) is 3.67. The summed E-state index contributed by atoms with van der Waals surface area (Å²) in [5.41, 5.74) is 2.47. The molecule has 1 unspecified atom stereocenters. The maximum Gasteiger partial charge on any atom is 0.418 e. The predicted octanol–water partition coefficient (Wildman–Crippen LogP) is 5.41. The number of halogens is 4. The van der Waals surface area contributed by atoms with Crippen LogP contribution >= 0.6 is 15.9 Å². The van der Waals surface area contributed by atoms with Gasteiger partial charge in [-0.15, -0.1) is 0 Å². The fourth-order valence-electron chi connectivity index (χ4n) is 2.34. The second-order valence-corrected chi connectivity index (χ2v) is 5.79. The molecule has 5 heteroatoms. The molecule has 0 heterocycles. The number of rotatable bonds is 6. The molecule has 0 aliphatic heterocycles. The van der Waals surface area contributed by atoms with Crippen molar-refractivity contribution in [2.75, 3.05) is 11.9 Å². The molecule has 0 bridgehead atoms. The molecule has 20 heavy (non-hydrogen) atoms. The summed E-state index contributed by atoms with van der Waals surface area (Å²) in [5.74, 6) is 0. The van der Waals surface area contributed by atoms with Gasteiger partial charge in [0, 0.05) is 11.9 Å². The van der Waals surface area contributed by atoms with E-state index < -0.39 is 12.3 Å². The van der Waals surface area contributed by atoms with E-state index in [1.54, 1.807) is 26.0 Å². The molecule has 0 aromatic heterocycles. The first kappa shape index (κ1) is 17.5. The molecule has 0 radical (unpaired) electrons. The Hall–Kier alpha value is -0.550. The second kappa shape index (κ2) is 7.46. The smallest absolute Gasteiger partial charge is 0.364 e. The molecule has 0 amide bonds. The maximum atomic E-state index is 13.2. The second-order valence-electron chi connectivity index (χ2n) is 5.00. The molecule has 1 aromatic rings. The topological polar surface area (TPSA) is 9.23 Å². The van der Waals surface area contributed by atoms with Gasteiger partial charge in [0.25, 0.3) is 0 Å². The standard InChI is InChI=1S/C15H20BrF3O/c1-10-8-11(2)13(12(3)9-10)14(15(17,18)19)20-7-5-4-6-16/h8-9,14H,4-7H2,1-3H3. The van der Waals surface area contributed by atoms with Crippen LogP contribution in [0.15, 0.2) is 12.1 Å². The van der Waals surface area contributed by atoms with Crippen LogP contribution < -0.4 is 0 Å². The minimum absolute atomic E-state index is 0.114. The number of hydrogen-bond donors (Lipinski definition) is 0. The largest absolute Gasteiger partial charge is 0.418 e. The van der Waals surface area contributed by atoms with Gasteiger partial charge in [-0.05, 0) is 50.3 Å². The van der Waals surface area contributed by atoms with Crippen LogP contribution in [-0.2, 0) is 4.74 Å². The summed E-state index contributed by atoms with van der Waals surface area (Å²) < 4.78 is 44.9. The van der Waals surface area contributed by atoms with Crippen LogP contribution in [0.1, 0.15) is 41.2 Å². The van der Waals surface area contributed by atoms with E-state index in [0.29, 0.717) is 17.5 Å². The molecule has 1 rings (SSSR count). The van der Waals surface area contributed by atoms with Crippen LogP contribution in [-0.4, -0.2) is 18.1 Å². The normalized spacial score (nSPS) is 13.6. The minimum Gasteiger partial charge on any atom is -0.364 e. The number of alkyl halides is 4. The van der Waals surface area contributed by atoms with E-state index in [4.69, 9.17) is 4.74 Å². The van der Waals surface area contributed by atoms with E-state index in [-0.39, 0.29) is 12.2 Å². The van der Waals surface area contributed by atoms with E-state index in [9.17, 15) is 13.2 Å². The number of unbranched alkanes of at least 4 members (excludes halogenated alkanes) is 1. The van der Waals surface area contributed by atoms with E-state index in [0.717, 1.165) is 17.3 Å². The average Bonchev–Trinajstić information content (AvgIpc) is 2.29. The summed E-state index contributed by atoms with van der Waals surface area (Å²) >= 11 is 3.25. The molecule has 0 spiro atoms. The van der Waals surface area contributed by atoms with Gasteiger partial charge >= 0.3 is 6.18 Å². The third-order valence-electron chi connectivity index (χ3n) is 3.11. The van der Waals surface area contributed by atoms with Crippen molar-refractivity contribution < 1.29 is 17.9 Å². The third kappa shape index (κ3) is 4.77. The lowest BCUT2D eigenvalue weighted by molar-refractivity contribution is -0.224. The predicted molar refractivity (Wildman–Crippen MR) is 78.4 cm³/mol. The van der Waals surface area contributed by atoms with Gasteiger partial charge in [-0.25, -0.2) is 0 Å². The van der Waals surface area contributed by atoms with Gasteiger partial charge < -0.3 is 4.74 Å². The molecule has 0 fully saturated rings. The van der Waals surface area contributed by atoms with E-state index in [1.807, 2.05) is 6.92 Å². The molecule has 0 N–H and O–H groups in total. The highest BCUT2D eigenvalue weighted by atomic mass is 79.9. The monoisotopic (exact) mass is 352 g/mol. The summed E-state index contributed by atoms with van der Waals surface area (Å²) in [5, 5.41) is 0.773. The molecule has 0 aliphatic rings. The van der Waals surface area contributed by atoms with Crippen LogP contribution in [0.3, 0.4) is 0 Å². The number of hydrogen-bond acceptors (Lipinski definition) is 1. The first-order valence-electron chi connectivity index (χ1n) is 6.59. The van der Waals surface area contributed by atoms with E-state index in [2.05, 4.69) is 15.9 Å².